The number of carbonyl (C=O) groups excluding carboxylic acids is 1. The Morgan fingerprint density at radius 1 is 1.56 bits per heavy atom. The molecule has 4 nitrogen and oxygen atoms in total. The molecule has 1 atom stereocenters. The minimum atomic E-state index is -0.582. The summed E-state index contributed by atoms with van der Waals surface area (Å²) < 4.78 is 0. The number of aliphatic hydroxyl groups excluding tert-OH is 1. The zero-order valence-electron chi connectivity index (χ0n) is 9.14. The minimum Gasteiger partial charge on any atom is -0.506 e. The van der Waals surface area contributed by atoms with Crippen LogP contribution in [0.15, 0.2) is 18.2 Å². The molecule has 0 fully saturated rings. The lowest BCUT2D eigenvalue weighted by atomic mass is 10.2. The normalized spacial score (nSPS) is 12.2. The number of benzene rings is 1. The number of aromatic hydroxyl groups is 1. The molecule has 1 aromatic carbocycles. The Morgan fingerprint density at radius 3 is 2.69 bits per heavy atom. The second kappa shape index (κ2) is 5.18. The van der Waals surface area contributed by atoms with E-state index in [4.69, 9.17) is 16.7 Å². The smallest absolute Gasteiger partial charge is 0.253 e. The summed E-state index contributed by atoms with van der Waals surface area (Å²) in [6.07, 6.45) is -0.582. The van der Waals surface area contributed by atoms with Gasteiger partial charge in [0.25, 0.3) is 5.91 Å². The third-order valence-electron chi connectivity index (χ3n) is 2.08. The molecule has 0 aliphatic carbocycles. The lowest BCUT2D eigenvalue weighted by Crippen LogP contribution is -2.32. The van der Waals surface area contributed by atoms with E-state index < -0.39 is 6.10 Å². The van der Waals surface area contributed by atoms with Crippen LogP contribution in [-0.4, -0.2) is 40.7 Å². The molecule has 16 heavy (non-hydrogen) atoms. The maximum atomic E-state index is 11.8. The number of rotatable bonds is 3. The highest BCUT2D eigenvalue weighted by molar-refractivity contribution is 6.32. The second-order valence-electron chi connectivity index (χ2n) is 3.70. The summed E-state index contributed by atoms with van der Waals surface area (Å²) in [7, 11) is 1.59. The molecule has 0 aliphatic rings. The van der Waals surface area contributed by atoms with Gasteiger partial charge in [0.05, 0.1) is 11.1 Å². The Balaban J connectivity index is 2.84. The molecular weight excluding hydrogens is 230 g/mol. The van der Waals surface area contributed by atoms with Crippen molar-refractivity contribution in [1.29, 1.82) is 0 Å². The van der Waals surface area contributed by atoms with Gasteiger partial charge in [-0.3, -0.25) is 4.79 Å². The molecule has 88 valence electrons. The average molecular weight is 244 g/mol. The third kappa shape index (κ3) is 3.12. The highest BCUT2D eigenvalue weighted by Crippen LogP contribution is 2.24. The molecule has 0 saturated heterocycles. The van der Waals surface area contributed by atoms with Gasteiger partial charge in [0.1, 0.15) is 5.75 Å². The van der Waals surface area contributed by atoms with Crippen LogP contribution < -0.4 is 0 Å². The second-order valence-corrected chi connectivity index (χ2v) is 4.11. The molecule has 0 radical (unpaired) electrons. The van der Waals surface area contributed by atoms with Crippen LogP contribution in [0.3, 0.4) is 0 Å². The van der Waals surface area contributed by atoms with Crippen molar-refractivity contribution in [1.82, 2.24) is 4.90 Å². The first-order valence-corrected chi connectivity index (χ1v) is 5.21. The Hall–Kier alpha value is -1.26. The van der Waals surface area contributed by atoms with E-state index in [0.717, 1.165) is 0 Å². The Morgan fingerprint density at radius 2 is 2.19 bits per heavy atom. The molecule has 0 bridgehead atoms. The molecular formula is C11H14ClNO3. The maximum absolute atomic E-state index is 11.8. The zero-order valence-corrected chi connectivity index (χ0v) is 9.90. The van der Waals surface area contributed by atoms with Crippen molar-refractivity contribution in [3.63, 3.8) is 0 Å². The highest BCUT2D eigenvalue weighted by atomic mass is 35.5. The van der Waals surface area contributed by atoms with Crippen LogP contribution in [0.5, 0.6) is 5.75 Å². The SMILES string of the molecule is CC(O)CN(C)C(=O)c1ccc(O)c(Cl)c1. The molecule has 0 spiro atoms. The van der Waals surface area contributed by atoms with Crippen molar-refractivity contribution in [2.75, 3.05) is 13.6 Å². The van der Waals surface area contributed by atoms with Gasteiger partial charge in [0.15, 0.2) is 0 Å². The van der Waals surface area contributed by atoms with Gasteiger partial charge in [0, 0.05) is 19.2 Å². The number of hydrogen-bond donors (Lipinski definition) is 2. The summed E-state index contributed by atoms with van der Waals surface area (Å²) in [6, 6.07) is 4.26. The van der Waals surface area contributed by atoms with Crippen molar-refractivity contribution >= 4 is 17.5 Å². The van der Waals surface area contributed by atoms with Crippen molar-refractivity contribution in [3.05, 3.63) is 28.8 Å². The molecule has 0 aromatic heterocycles. The van der Waals surface area contributed by atoms with Crippen LogP contribution in [0.2, 0.25) is 5.02 Å². The van der Waals surface area contributed by atoms with Gasteiger partial charge in [-0.2, -0.15) is 0 Å². The number of phenols is 1. The molecule has 5 heteroatoms. The molecule has 1 amide bonds. The number of amides is 1. The van der Waals surface area contributed by atoms with E-state index in [9.17, 15) is 9.90 Å². The van der Waals surface area contributed by atoms with Gasteiger partial charge in [-0.25, -0.2) is 0 Å². The molecule has 1 rings (SSSR count). The predicted octanol–water partition coefficient (Wildman–Crippen LogP) is 1.50. The van der Waals surface area contributed by atoms with E-state index >= 15 is 0 Å². The number of likely N-dealkylation sites (N-methyl/N-ethyl adjacent to an activating group) is 1. The Kier molecular flexibility index (Phi) is 4.15. The molecule has 1 unspecified atom stereocenters. The summed E-state index contributed by atoms with van der Waals surface area (Å²) in [4.78, 5) is 13.2. The quantitative estimate of drug-likeness (QED) is 0.846. The maximum Gasteiger partial charge on any atom is 0.253 e. The van der Waals surface area contributed by atoms with Gasteiger partial charge in [-0.15, -0.1) is 0 Å². The summed E-state index contributed by atoms with van der Waals surface area (Å²) in [5.74, 6) is -0.306. The lowest BCUT2D eigenvalue weighted by Gasteiger charge is -2.18. The van der Waals surface area contributed by atoms with Crippen LogP contribution in [-0.2, 0) is 0 Å². The summed E-state index contributed by atoms with van der Waals surface area (Å²) in [5, 5.41) is 18.5. The van der Waals surface area contributed by atoms with Gasteiger partial charge in [-0.1, -0.05) is 11.6 Å². The first-order chi connectivity index (χ1) is 7.41. The van der Waals surface area contributed by atoms with E-state index in [0.29, 0.717) is 5.56 Å². The molecule has 2 N–H and O–H groups in total. The number of hydrogen-bond acceptors (Lipinski definition) is 3. The van der Waals surface area contributed by atoms with Gasteiger partial charge in [0.2, 0.25) is 0 Å². The first kappa shape index (κ1) is 12.8. The fourth-order valence-electron chi connectivity index (χ4n) is 1.34. The van der Waals surface area contributed by atoms with Gasteiger partial charge < -0.3 is 15.1 Å². The van der Waals surface area contributed by atoms with Crippen molar-refractivity contribution in [3.8, 4) is 5.75 Å². The number of carbonyl (C=O) groups is 1. The zero-order chi connectivity index (χ0) is 12.3. The van der Waals surface area contributed by atoms with Crippen molar-refractivity contribution < 1.29 is 15.0 Å². The number of phenolic OH excluding ortho intramolecular Hbond substituents is 1. The fourth-order valence-corrected chi connectivity index (χ4v) is 1.52. The Labute approximate surface area is 99.1 Å². The molecule has 0 saturated carbocycles. The van der Waals surface area contributed by atoms with Gasteiger partial charge >= 0.3 is 0 Å². The summed E-state index contributed by atoms with van der Waals surface area (Å²) in [6.45, 7) is 1.85. The molecule has 0 aliphatic heterocycles. The summed E-state index contributed by atoms with van der Waals surface area (Å²) in [5.41, 5.74) is 0.381. The number of nitrogens with zero attached hydrogens (tertiary/aromatic N) is 1. The average Bonchev–Trinajstić information content (AvgIpc) is 2.20. The topological polar surface area (TPSA) is 60.8 Å². The number of halogens is 1. The lowest BCUT2D eigenvalue weighted by molar-refractivity contribution is 0.0703. The van der Waals surface area contributed by atoms with Crippen molar-refractivity contribution in [2.45, 2.75) is 13.0 Å². The first-order valence-electron chi connectivity index (χ1n) is 4.84. The van der Waals surface area contributed by atoms with E-state index in [1.54, 1.807) is 14.0 Å². The number of aliphatic hydroxyl groups is 1. The Bertz CT molecular complexity index is 393. The van der Waals surface area contributed by atoms with Crippen LogP contribution in [0, 0.1) is 0 Å². The largest absolute Gasteiger partial charge is 0.506 e. The third-order valence-corrected chi connectivity index (χ3v) is 2.38. The van der Waals surface area contributed by atoms with E-state index in [2.05, 4.69) is 0 Å². The van der Waals surface area contributed by atoms with Crippen LogP contribution >= 0.6 is 11.6 Å². The minimum absolute atomic E-state index is 0.0589. The molecule has 1 aromatic rings. The predicted molar refractivity (Wildman–Crippen MR) is 61.8 cm³/mol. The molecule has 0 heterocycles. The monoisotopic (exact) mass is 243 g/mol. The highest BCUT2D eigenvalue weighted by Gasteiger charge is 2.14. The fraction of sp³-hybridized carbons (Fsp3) is 0.364. The van der Waals surface area contributed by atoms with E-state index in [1.165, 1.54) is 23.1 Å². The summed E-state index contributed by atoms with van der Waals surface area (Å²) >= 11 is 5.70. The van der Waals surface area contributed by atoms with Crippen LogP contribution in [0.4, 0.5) is 0 Å². The van der Waals surface area contributed by atoms with Crippen molar-refractivity contribution in [2.24, 2.45) is 0 Å². The van der Waals surface area contributed by atoms with Gasteiger partial charge in [-0.05, 0) is 25.1 Å². The van der Waals surface area contributed by atoms with Crippen LogP contribution in [0.25, 0.3) is 0 Å². The van der Waals surface area contributed by atoms with Crippen LogP contribution in [0.1, 0.15) is 17.3 Å². The standard InChI is InChI=1S/C11H14ClNO3/c1-7(14)6-13(2)11(16)8-3-4-10(15)9(12)5-8/h3-5,7,14-15H,6H2,1-2H3. The van der Waals surface area contributed by atoms with E-state index in [1.807, 2.05) is 0 Å². The van der Waals surface area contributed by atoms with E-state index in [-0.39, 0.29) is 23.2 Å².